The van der Waals surface area contributed by atoms with Crippen LogP contribution in [-0.4, -0.2) is 43.3 Å². The highest BCUT2D eigenvalue weighted by atomic mass is 35.5. The maximum Gasteiger partial charge on any atom is 0.227 e. The monoisotopic (exact) mass is 547 g/mol. The minimum absolute atomic E-state index is 0.0177. The van der Waals surface area contributed by atoms with Crippen LogP contribution in [0.3, 0.4) is 0 Å². The van der Waals surface area contributed by atoms with Gasteiger partial charge in [0.2, 0.25) is 15.9 Å². The summed E-state index contributed by atoms with van der Waals surface area (Å²) < 4.78 is 26.8. The molecule has 1 amide bonds. The van der Waals surface area contributed by atoms with Crippen LogP contribution in [0.2, 0.25) is 5.02 Å². The molecule has 0 unspecified atom stereocenters. The zero-order valence-corrected chi connectivity index (χ0v) is 23.4. The Hall–Kier alpha value is -2.13. The molecule has 0 radical (unpaired) electrons. The summed E-state index contributed by atoms with van der Waals surface area (Å²) >= 11 is 5.99. The third kappa shape index (κ3) is 6.66. The van der Waals surface area contributed by atoms with E-state index < -0.39 is 20.4 Å². The number of amides is 1. The second-order valence-electron chi connectivity index (χ2n) is 11.3. The number of nitrogens with one attached hydrogen (secondary N) is 2. The lowest BCUT2D eigenvalue weighted by atomic mass is 9.84. The predicted octanol–water partition coefficient (Wildman–Crippen LogP) is 5.04. The molecule has 0 spiro atoms. The van der Waals surface area contributed by atoms with Crippen LogP contribution in [0.15, 0.2) is 48.5 Å². The Morgan fingerprint density at radius 1 is 0.973 bits per heavy atom. The van der Waals surface area contributed by atoms with E-state index in [4.69, 9.17) is 11.6 Å². The van der Waals surface area contributed by atoms with Crippen LogP contribution < -0.4 is 14.9 Å². The molecule has 2 fully saturated rings. The fourth-order valence-corrected chi connectivity index (χ4v) is 6.21. The van der Waals surface area contributed by atoms with Gasteiger partial charge in [0.05, 0.1) is 10.3 Å². The van der Waals surface area contributed by atoms with Gasteiger partial charge in [0, 0.05) is 41.4 Å². The number of rotatable bonds is 6. The van der Waals surface area contributed by atoms with Crippen molar-refractivity contribution in [3.05, 3.63) is 59.1 Å². The van der Waals surface area contributed by atoms with E-state index in [1.807, 2.05) is 48.5 Å². The van der Waals surface area contributed by atoms with Gasteiger partial charge in [-0.25, -0.2) is 13.1 Å². The zero-order chi connectivity index (χ0) is 26.8. The number of nitrogens with zero attached hydrogens (tertiary/aromatic N) is 1. The van der Waals surface area contributed by atoms with Crippen molar-refractivity contribution >= 4 is 38.9 Å². The van der Waals surface area contributed by atoms with E-state index in [1.54, 1.807) is 20.8 Å². The molecule has 3 N–H and O–H groups in total. The molecule has 0 aromatic heterocycles. The average molecular weight is 548 g/mol. The molecule has 2 aromatic rings. The minimum Gasteiger partial charge on any atom is -0.385 e. The number of benzene rings is 2. The van der Waals surface area contributed by atoms with Crippen molar-refractivity contribution in [1.29, 1.82) is 0 Å². The van der Waals surface area contributed by atoms with Gasteiger partial charge in [-0.2, -0.15) is 0 Å². The molecular formula is C28H38ClN3O4S. The molecule has 7 nitrogen and oxygen atoms in total. The molecule has 1 aliphatic carbocycles. The van der Waals surface area contributed by atoms with E-state index in [9.17, 15) is 18.3 Å². The highest BCUT2D eigenvalue weighted by Gasteiger charge is 2.35. The largest absolute Gasteiger partial charge is 0.385 e. The van der Waals surface area contributed by atoms with Crippen molar-refractivity contribution < 1.29 is 18.3 Å². The third-order valence-corrected chi connectivity index (χ3v) is 10.2. The first-order chi connectivity index (χ1) is 17.4. The molecule has 0 bridgehead atoms. The number of hydrogen-bond donors (Lipinski definition) is 3. The number of hydrogen-bond acceptors (Lipinski definition) is 5. The molecule has 37 heavy (non-hydrogen) atoms. The molecule has 1 saturated heterocycles. The van der Waals surface area contributed by atoms with Crippen LogP contribution in [0.1, 0.15) is 64.9 Å². The maximum absolute atomic E-state index is 12.8. The van der Waals surface area contributed by atoms with Crippen LogP contribution in [0.5, 0.6) is 0 Å². The standard InChI is InChI=1S/C28H38ClN3O4S/c1-27(2,3)37(35,36)31-24-10-4-20(5-11-24)26(33)30-23-12-14-25(15-13-23)32-18-16-28(34,17-19-32)21-6-8-22(29)9-7-21/h6-9,12-15,20,24,31,34H,4-5,10-11,16-19H2,1-3H3,(H,30,33)/t20-,24-. The first-order valence-corrected chi connectivity index (χ1v) is 14.9. The van der Waals surface area contributed by atoms with Gasteiger partial charge in [-0.05, 0) is 101 Å². The quantitative estimate of drug-likeness (QED) is 0.470. The summed E-state index contributed by atoms with van der Waals surface area (Å²) in [5.41, 5.74) is 1.86. The SMILES string of the molecule is CC(C)(C)S(=O)(=O)N[C@H]1CC[C@H](C(=O)Nc2ccc(N3CCC(O)(c4ccc(Cl)cc4)CC3)cc2)CC1. The summed E-state index contributed by atoms with van der Waals surface area (Å²) in [5, 5.41) is 14.8. The fraction of sp³-hybridized carbons (Fsp3) is 0.536. The number of anilines is 2. The number of carbonyl (C=O) groups excluding carboxylic acids is 1. The fourth-order valence-electron chi connectivity index (χ4n) is 5.05. The summed E-state index contributed by atoms with van der Waals surface area (Å²) in [6.45, 7) is 6.52. The van der Waals surface area contributed by atoms with E-state index in [0.29, 0.717) is 43.5 Å². The Bertz CT molecular complexity index is 1180. The van der Waals surface area contributed by atoms with Gasteiger partial charge in [-0.15, -0.1) is 0 Å². The van der Waals surface area contributed by atoms with Gasteiger partial charge in [-0.1, -0.05) is 23.7 Å². The topological polar surface area (TPSA) is 98.7 Å². The molecule has 1 heterocycles. The summed E-state index contributed by atoms with van der Waals surface area (Å²) in [4.78, 5) is 15.1. The molecule has 9 heteroatoms. The van der Waals surface area contributed by atoms with Gasteiger partial charge in [0.15, 0.2) is 0 Å². The van der Waals surface area contributed by atoms with Crippen molar-refractivity contribution in [2.45, 2.75) is 75.7 Å². The molecule has 2 aromatic carbocycles. The van der Waals surface area contributed by atoms with E-state index >= 15 is 0 Å². The van der Waals surface area contributed by atoms with Crippen molar-refractivity contribution in [3.8, 4) is 0 Å². The normalized spacial score (nSPS) is 22.5. The van der Waals surface area contributed by atoms with E-state index in [1.165, 1.54) is 0 Å². The Morgan fingerprint density at radius 2 is 1.54 bits per heavy atom. The summed E-state index contributed by atoms with van der Waals surface area (Å²) in [5.74, 6) is -0.140. The number of piperidine rings is 1. The van der Waals surface area contributed by atoms with Gasteiger partial charge in [0.1, 0.15) is 0 Å². The van der Waals surface area contributed by atoms with Gasteiger partial charge >= 0.3 is 0 Å². The minimum atomic E-state index is -3.39. The van der Waals surface area contributed by atoms with Crippen LogP contribution in [0.25, 0.3) is 0 Å². The second kappa shape index (κ2) is 10.9. The second-order valence-corrected chi connectivity index (χ2v) is 14.2. The lowest BCUT2D eigenvalue weighted by molar-refractivity contribution is -0.120. The van der Waals surface area contributed by atoms with Crippen LogP contribution >= 0.6 is 11.6 Å². The molecule has 1 saturated carbocycles. The molecule has 2 aliphatic rings. The number of carbonyl (C=O) groups is 1. The highest BCUT2D eigenvalue weighted by Crippen LogP contribution is 2.35. The van der Waals surface area contributed by atoms with E-state index in [2.05, 4.69) is 14.9 Å². The highest BCUT2D eigenvalue weighted by molar-refractivity contribution is 7.90. The Labute approximate surface area is 225 Å². The summed E-state index contributed by atoms with van der Waals surface area (Å²) in [6.07, 6.45) is 3.88. The Morgan fingerprint density at radius 3 is 2.08 bits per heavy atom. The molecule has 4 rings (SSSR count). The maximum atomic E-state index is 12.8. The lowest BCUT2D eigenvalue weighted by Crippen LogP contribution is -2.46. The Kier molecular flexibility index (Phi) is 8.24. The van der Waals surface area contributed by atoms with Crippen molar-refractivity contribution in [2.75, 3.05) is 23.3 Å². The smallest absolute Gasteiger partial charge is 0.227 e. The van der Waals surface area contributed by atoms with Gasteiger partial charge in [-0.3, -0.25) is 4.79 Å². The number of sulfonamides is 1. The first kappa shape index (κ1) is 27.9. The number of halogens is 1. The molecule has 202 valence electrons. The summed E-state index contributed by atoms with van der Waals surface area (Å²) in [6, 6.07) is 15.1. The van der Waals surface area contributed by atoms with Gasteiger partial charge < -0.3 is 15.3 Å². The van der Waals surface area contributed by atoms with Crippen LogP contribution in [0, 0.1) is 5.92 Å². The predicted molar refractivity (Wildman–Crippen MR) is 149 cm³/mol. The van der Waals surface area contributed by atoms with Crippen LogP contribution in [-0.2, 0) is 20.4 Å². The van der Waals surface area contributed by atoms with Crippen molar-refractivity contribution in [1.82, 2.24) is 4.72 Å². The molecule has 1 aliphatic heterocycles. The lowest BCUT2D eigenvalue weighted by Gasteiger charge is -2.39. The average Bonchev–Trinajstić information content (AvgIpc) is 2.85. The van der Waals surface area contributed by atoms with Crippen molar-refractivity contribution in [3.63, 3.8) is 0 Å². The Balaban J connectivity index is 1.26. The van der Waals surface area contributed by atoms with E-state index in [-0.39, 0.29) is 17.9 Å². The number of aliphatic hydroxyl groups is 1. The zero-order valence-electron chi connectivity index (χ0n) is 21.8. The van der Waals surface area contributed by atoms with Gasteiger partial charge in [0.25, 0.3) is 0 Å². The summed E-state index contributed by atoms with van der Waals surface area (Å²) in [7, 11) is -3.39. The van der Waals surface area contributed by atoms with Crippen molar-refractivity contribution in [2.24, 2.45) is 5.92 Å². The van der Waals surface area contributed by atoms with Crippen LogP contribution in [0.4, 0.5) is 11.4 Å². The third-order valence-electron chi connectivity index (χ3n) is 7.70. The van der Waals surface area contributed by atoms with E-state index in [0.717, 1.165) is 30.0 Å². The first-order valence-electron chi connectivity index (χ1n) is 13.0. The molecule has 0 atom stereocenters. The molecular weight excluding hydrogens is 510 g/mol.